The van der Waals surface area contributed by atoms with Gasteiger partial charge >= 0.3 is 0 Å². The molecule has 0 atom stereocenters. The van der Waals surface area contributed by atoms with Gasteiger partial charge in [0.15, 0.2) is 0 Å². The molecule has 0 bridgehead atoms. The van der Waals surface area contributed by atoms with Gasteiger partial charge in [0, 0.05) is 23.4 Å². The van der Waals surface area contributed by atoms with E-state index in [0.29, 0.717) is 11.3 Å². The second-order valence-electron chi connectivity index (χ2n) is 4.07. The van der Waals surface area contributed by atoms with Gasteiger partial charge in [-0.1, -0.05) is 17.7 Å². The van der Waals surface area contributed by atoms with Crippen LogP contribution in [0.2, 0.25) is 5.02 Å². The third-order valence-electron chi connectivity index (χ3n) is 2.67. The Balaban J connectivity index is 2.22. The number of hydrogen-bond donors (Lipinski definition) is 1. The van der Waals surface area contributed by atoms with Gasteiger partial charge in [-0.05, 0) is 24.3 Å². The van der Waals surface area contributed by atoms with Gasteiger partial charge in [0.25, 0.3) is 11.6 Å². The predicted octanol–water partition coefficient (Wildman–Crippen LogP) is 3.37. The normalized spacial score (nSPS) is 9.71. The lowest BCUT2D eigenvalue weighted by Crippen LogP contribution is -2.12. The van der Waals surface area contributed by atoms with Gasteiger partial charge in [0.1, 0.15) is 6.07 Å². The van der Waals surface area contributed by atoms with Crippen molar-refractivity contribution in [2.45, 2.75) is 0 Å². The molecule has 0 aliphatic heterocycles. The summed E-state index contributed by atoms with van der Waals surface area (Å²) in [4.78, 5) is 22.1. The second kappa shape index (κ2) is 6.03. The average Bonchev–Trinajstić information content (AvgIpc) is 2.47. The number of nitriles is 1. The Bertz CT molecular complexity index is 768. The van der Waals surface area contributed by atoms with Crippen molar-refractivity contribution in [2.24, 2.45) is 0 Å². The lowest BCUT2D eigenvalue weighted by atomic mass is 10.1. The summed E-state index contributed by atoms with van der Waals surface area (Å²) in [6.45, 7) is 0. The van der Waals surface area contributed by atoms with E-state index >= 15 is 0 Å². The van der Waals surface area contributed by atoms with E-state index in [1.54, 1.807) is 0 Å². The molecule has 0 spiro atoms. The predicted molar refractivity (Wildman–Crippen MR) is 77.2 cm³/mol. The summed E-state index contributed by atoms with van der Waals surface area (Å²) < 4.78 is 0. The summed E-state index contributed by atoms with van der Waals surface area (Å²) >= 11 is 5.86. The van der Waals surface area contributed by atoms with Gasteiger partial charge in [-0.2, -0.15) is 5.26 Å². The molecule has 0 unspecified atom stereocenters. The Morgan fingerprint density at radius 1 is 1.29 bits per heavy atom. The van der Waals surface area contributed by atoms with Gasteiger partial charge in [-0.15, -0.1) is 0 Å². The molecule has 0 heterocycles. The highest BCUT2D eigenvalue weighted by atomic mass is 35.5. The molecule has 0 aliphatic rings. The molecule has 21 heavy (non-hydrogen) atoms. The molecule has 2 aromatic carbocycles. The van der Waals surface area contributed by atoms with E-state index < -0.39 is 10.8 Å². The quantitative estimate of drug-likeness (QED) is 0.694. The number of non-ortho nitro benzene ring substituents is 1. The number of amides is 1. The molecule has 0 saturated heterocycles. The highest BCUT2D eigenvalue weighted by Crippen LogP contribution is 2.21. The number of benzene rings is 2. The Labute approximate surface area is 124 Å². The fourth-order valence-electron chi connectivity index (χ4n) is 1.65. The number of nitro benzene ring substituents is 1. The molecule has 0 radical (unpaired) electrons. The van der Waals surface area contributed by atoms with Crippen LogP contribution in [0.15, 0.2) is 42.5 Å². The maximum Gasteiger partial charge on any atom is 0.270 e. The summed E-state index contributed by atoms with van der Waals surface area (Å²) in [5.41, 5.74) is 0.686. The van der Waals surface area contributed by atoms with Crippen LogP contribution in [0, 0.1) is 21.4 Å². The van der Waals surface area contributed by atoms with Crippen molar-refractivity contribution in [3.63, 3.8) is 0 Å². The molecule has 0 fully saturated rings. The molecule has 2 rings (SSSR count). The van der Waals surface area contributed by atoms with E-state index in [0.717, 1.165) is 0 Å². The highest BCUT2D eigenvalue weighted by molar-refractivity contribution is 6.32. The maximum atomic E-state index is 12.0. The monoisotopic (exact) mass is 301 g/mol. The van der Waals surface area contributed by atoms with Crippen LogP contribution in [0.1, 0.15) is 15.9 Å². The maximum absolute atomic E-state index is 12.0. The van der Waals surface area contributed by atoms with Crippen LogP contribution in [0.3, 0.4) is 0 Å². The minimum atomic E-state index is -0.574. The van der Waals surface area contributed by atoms with E-state index in [1.807, 2.05) is 6.07 Å². The lowest BCUT2D eigenvalue weighted by molar-refractivity contribution is -0.384. The van der Waals surface area contributed by atoms with Gasteiger partial charge in [0.05, 0.1) is 15.5 Å². The van der Waals surface area contributed by atoms with Crippen molar-refractivity contribution >= 4 is 28.9 Å². The first-order valence-electron chi connectivity index (χ1n) is 5.76. The zero-order valence-electron chi connectivity index (χ0n) is 10.5. The SMILES string of the molecule is N#Cc1ccc(NC(=O)c2cccc([N+](=O)[O-])c2)cc1Cl. The van der Waals surface area contributed by atoms with Crippen LogP contribution >= 0.6 is 11.6 Å². The Kier molecular flexibility index (Phi) is 4.16. The third kappa shape index (κ3) is 3.35. The fraction of sp³-hybridized carbons (Fsp3) is 0. The molecule has 0 aromatic heterocycles. The number of carbonyl (C=O) groups excluding carboxylic acids is 1. The van der Waals surface area contributed by atoms with Crippen molar-refractivity contribution in [3.05, 3.63) is 68.7 Å². The summed E-state index contributed by atoms with van der Waals surface area (Å²) in [7, 11) is 0. The zero-order valence-corrected chi connectivity index (χ0v) is 11.3. The van der Waals surface area contributed by atoms with Crippen molar-refractivity contribution in [2.75, 3.05) is 5.32 Å². The summed E-state index contributed by atoms with van der Waals surface area (Å²) in [6.07, 6.45) is 0. The van der Waals surface area contributed by atoms with E-state index in [2.05, 4.69) is 5.32 Å². The molecule has 104 valence electrons. The van der Waals surface area contributed by atoms with Crippen LogP contribution in [0.5, 0.6) is 0 Å². The minimum absolute atomic E-state index is 0.157. The van der Waals surface area contributed by atoms with Gasteiger partial charge < -0.3 is 5.32 Å². The highest BCUT2D eigenvalue weighted by Gasteiger charge is 2.12. The summed E-state index contributed by atoms with van der Waals surface area (Å²) in [5, 5.41) is 22.2. The first-order valence-corrected chi connectivity index (χ1v) is 6.14. The van der Waals surface area contributed by atoms with E-state index in [1.165, 1.54) is 42.5 Å². The second-order valence-corrected chi connectivity index (χ2v) is 4.48. The molecule has 1 N–H and O–H groups in total. The molecule has 7 heteroatoms. The number of nitrogens with one attached hydrogen (secondary N) is 1. The topological polar surface area (TPSA) is 96.0 Å². The number of rotatable bonds is 3. The van der Waals surface area contributed by atoms with Crippen LogP contribution in [-0.4, -0.2) is 10.8 Å². The number of anilines is 1. The van der Waals surface area contributed by atoms with Crippen molar-refractivity contribution in [1.29, 1.82) is 5.26 Å². The Morgan fingerprint density at radius 3 is 2.67 bits per heavy atom. The van der Waals surface area contributed by atoms with E-state index in [9.17, 15) is 14.9 Å². The van der Waals surface area contributed by atoms with Crippen LogP contribution < -0.4 is 5.32 Å². The third-order valence-corrected chi connectivity index (χ3v) is 2.98. The molecule has 2 aromatic rings. The summed E-state index contributed by atoms with van der Waals surface area (Å²) in [6, 6.07) is 11.7. The number of nitro groups is 1. The molecule has 0 aliphatic carbocycles. The first-order chi connectivity index (χ1) is 10.0. The zero-order chi connectivity index (χ0) is 15.4. The molecule has 1 amide bonds. The summed E-state index contributed by atoms with van der Waals surface area (Å²) in [5.74, 6) is -0.500. The Morgan fingerprint density at radius 2 is 2.05 bits per heavy atom. The van der Waals surface area contributed by atoms with Gasteiger partial charge in [0.2, 0.25) is 0 Å². The molecular formula is C14H8ClN3O3. The average molecular weight is 302 g/mol. The number of nitrogens with zero attached hydrogens (tertiary/aromatic N) is 2. The minimum Gasteiger partial charge on any atom is -0.322 e. The van der Waals surface area contributed by atoms with E-state index in [4.69, 9.17) is 16.9 Å². The van der Waals surface area contributed by atoms with Gasteiger partial charge in [-0.25, -0.2) is 0 Å². The van der Waals surface area contributed by atoms with Gasteiger partial charge in [-0.3, -0.25) is 14.9 Å². The first kappa shape index (κ1) is 14.5. The van der Waals surface area contributed by atoms with E-state index in [-0.39, 0.29) is 16.3 Å². The number of halogens is 1. The molecule has 6 nitrogen and oxygen atoms in total. The van der Waals surface area contributed by atoms with Crippen molar-refractivity contribution in [3.8, 4) is 6.07 Å². The Hall–Kier alpha value is -2.91. The molecule has 0 saturated carbocycles. The number of hydrogen-bond acceptors (Lipinski definition) is 4. The molecular weight excluding hydrogens is 294 g/mol. The standard InChI is InChI=1S/C14H8ClN3O3/c15-13-7-11(5-4-10(13)8-16)17-14(19)9-2-1-3-12(6-9)18(20)21/h1-7H,(H,17,19). The smallest absolute Gasteiger partial charge is 0.270 e. The number of carbonyl (C=O) groups is 1. The van der Waals surface area contributed by atoms with Crippen LogP contribution in [0.25, 0.3) is 0 Å². The lowest BCUT2D eigenvalue weighted by Gasteiger charge is -2.06. The fourth-order valence-corrected chi connectivity index (χ4v) is 1.87. The van der Waals surface area contributed by atoms with Crippen molar-refractivity contribution < 1.29 is 9.72 Å². The van der Waals surface area contributed by atoms with Crippen molar-refractivity contribution in [1.82, 2.24) is 0 Å². The largest absolute Gasteiger partial charge is 0.322 e. The van der Waals surface area contributed by atoms with Crippen LogP contribution in [-0.2, 0) is 0 Å². The van der Waals surface area contributed by atoms with Crippen LogP contribution in [0.4, 0.5) is 11.4 Å².